The first-order valence-corrected chi connectivity index (χ1v) is 6.25. The second-order valence-corrected chi connectivity index (χ2v) is 3.99. The molecule has 0 saturated heterocycles. The van der Waals surface area contributed by atoms with Crippen LogP contribution in [-0.4, -0.2) is 50.9 Å². The van der Waals surface area contributed by atoms with Crippen molar-refractivity contribution < 1.29 is 23.8 Å². The van der Waals surface area contributed by atoms with Crippen LogP contribution in [0.5, 0.6) is 5.75 Å². The van der Waals surface area contributed by atoms with E-state index in [1.54, 1.807) is 31.4 Å². The lowest BCUT2D eigenvalue weighted by Gasteiger charge is -2.21. The molecule has 1 rings (SSSR count). The van der Waals surface area contributed by atoms with Crippen LogP contribution < -0.4 is 4.74 Å². The quantitative estimate of drug-likeness (QED) is 0.712. The summed E-state index contributed by atoms with van der Waals surface area (Å²) in [7, 11) is 2.85. The molecule has 20 heavy (non-hydrogen) atoms. The molecule has 0 N–H and O–H groups in total. The van der Waals surface area contributed by atoms with E-state index in [1.807, 2.05) is 6.07 Å². The van der Waals surface area contributed by atoms with E-state index in [9.17, 15) is 9.59 Å². The lowest BCUT2D eigenvalue weighted by atomic mass is 10.3. The van der Waals surface area contributed by atoms with Crippen LogP contribution in [0.25, 0.3) is 0 Å². The summed E-state index contributed by atoms with van der Waals surface area (Å²) in [5, 5.41) is 0. The highest BCUT2D eigenvalue weighted by Gasteiger charge is 2.17. The molecule has 0 aliphatic carbocycles. The third kappa shape index (κ3) is 5.71. The van der Waals surface area contributed by atoms with Crippen molar-refractivity contribution in [2.75, 3.05) is 33.9 Å². The van der Waals surface area contributed by atoms with Gasteiger partial charge < -0.3 is 19.1 Å². The van der Waals surface area contributed by atoms with Gasteiger partial charge in [0.25, 0.3) is 0 Å². The number of rotatable bonds is 7. The summed E-state index contributed by atoms with van der Waals surface area (Å²) < 4.78 is 14.7. The number of ether oxygens (including phenoxy) is 3. The van der Waals surface area contributed by atoms with Gasteiger partial charge in [0.15, 0.2) is 0 Å². The molecule has 0 aromatic heterocycles. The SMILES string of the molecule is COCCN(CCC(=O)OC)C(=O)Oc1ccccc1. The van der Waals surface area contributed by atoms with Crippen molar-refractivity contribution in [3.05, 3.63) is 30.3 Å². The predicted molar refractivity (Wildman–Crippen MR) is 72.5 cm³/mol. The molecule has 1 amide bonds. The number of benzene rings is 1. The molecule has 0 saturated carbocycles. The second kappa shape index (κ2) is 8.92. The molecule has 6 heteroatoms. The average Bonchev–Trinajstić information content (AvgIpc) is 2.47. The van der Waals surface area contributed by atoms with Gasteiger partial charge in [0.1, 0.15) is 5.75 Å². The number of nitrogens with zero attached hydrogens (tertiary/aromatic N) is 1. The standard InChI is InChI=1S/C14H19NO5/c1-18-11-10-15(9-8-13(16)19-2)14(17)20-12-6-4-3-5-7-12/h3-7H,8-11H2,1-2H3. The Kier molecular flexibility index (Phi) is 7.13. The Hall–Kier alpha value is -2.08. The van der Waals surface area contributed by atoms with Crippen LogP contribution in [0.1, 0.15) is 6.42 Å². The van der Waals surface area contributed by atoms with Crippen molar-refractivity contribution in [1.29, 1.82) is 0 Å². The summed E-state index contributed by atoms with van der Waals surface area (Å²) in [4.78, 5) is 24.6. The molecule has 0 fully saturated rings. The molecule has 1 aromatic carbocycles. The van der Waals surface area contributed by atoms with Crippen molar-refractivity contribution in [3.63, 3.8) is 0 Å². The van der Waals surface area contributed by atoms with Crippen LogP contribution >= 0.6 is 0 Å². The Balaban J connectivity index is 2.56. The molecule has 0 unspecified atom stereocenters. The zero-order valence-corrected chi connectivity index (χ0v) is 11.7. The van der Waals surface area contributed by atoms with Gasteiger partial charge in [-0.1, -0.05) is 18.2 Å². The minimum atomic E-state index is -0.517. The number of hydrogen-bond donors (Lipinski definition) is 0. The van der Waals surface area contributed by atoms with Gasteiger partial charge in [-0.25, -0.2) is 4.79 Å². The first-order chi connectivity index (χ1) is 9.67. The van der Waals surface area contributed by atoms with E-state index < -0.39 is 6.09 Å². The van der Waals surface area contributed by atoms with Crippen molar-refractivity contribution in [1.82, 2.24) is 4.90 Å². The normalized spacial score (nSPS) is 9.90. The lowest BCUT2D eigenvalue weighted by molar-refractivity contribution is -0.140. The number of esters is 1. The van der Waals surface area contributed by atoms with Crippen LogP contribution in [0, 0.1) is 0 Å². The van der Waals surface area contributed by atoms with Gasteiger partial charge in [0, 0.05) is 20.2 Å². The highest BCUT2D eigenvalue weighted by molar-refractivity contribution is 5.73. The molecule has 6 nitrogen and oxygen atoms in total. The summed E-state index contributed by atoms with van der Waals surface area (Å²) in [6.07, 6.45) is -0.401. The zero-order valence-electron chi connectivity index (χ0n) is 11.7. The van der Waals surface area contributed by atoms with Crippen molar-refractivity contribution in [3.8, 4) is 5.75 Å². The molecular weight excluding hydrogens is 262 g/mol. The van der Waals surface area contributed by atoms with Gasteiger partial charge in [-0.05, 0) is 12.1 Å². The van der Waals surface area contributed by atoms with Crippen LogP contribution in [0.15, 0.2) is 30.3 Å². The maximum absolute atomic E-state index is 12.0. The molecule has 0 spiro atoms. The average molecular weight is 281 g/mol. The monoisotopic (exact) mass is 281 g/mol. The lowest BCUT2D eigenvalue weighted by Crippen LogP contribution is -2.37. The van der Waals surface area contributed by atoms with E-state index in [-0.39, 0.29) is 18.9 Å². The van der Waals surface area contributed by atoms with Crippen LogP contribution in [0.4, 0.5) is 4.79 Å². The number of para-hydroxylation sites is 1. The minimum absolute atomic E-state index is 0.115. The summed E-state index contributed by atoms with van der Waals surface area (Å²) in [6, 6.07) is 8.75. The zero-order chi connectivity index (χ0) is 14.8. The van der Waals surface area contributed by atoms with E-state index in [4.69, 9.17) is 9.47 Å². The van der Waals surface area contributed by atoms with Gasteiger partial charge in [0.05, 0.1) is 20.1 Å². The Labute approximate surface area is 118 Å². The third-order valence-corrected chi connectivity index (χ3v) is 2.59. The predicted octanol–water partition coefficient (Wildman–Crippen LogP) is 1.70. The van der Waals surface area contributed by atoms with Gasteiger partial charge in [0.2, 0.25) is 0 Å². The summed E-state index contributed by atoms with van der Waals surface area (Å²) in [5.41, 5.74) is 0. The molecule has 0 aliphatic rings. The maximum Gasteiger partial charge on any atom is 0.415 e. The summed E-state index contributed by atoms with van der Waals surface area (Å²) >= 11 is 0. The minimum Gasteiger partial charge on any atom is -0.469 e. The molecule has 1 aromatic rings. The molecule has 0 atom stereocenters. The van der Waals surface area contributed by atoms with Crippen LogP contribution in [-0.2, 0) is 14.3 Å². The fourth-order valence-corrected chi connectivity index (χ4v) is 1.48. The third-order valence-electron chi connectivity index (χ3n) is 2.59. The molecular formula is C14H19NO5. The molecule has 0 radical (unpaired) electrons. The van der Waals surface area contributed by atoms with E-state index in [0.717, 1.165) is 0 Å². The fourth-order valence-electron chi connectivity index (χ4n) is 1.48. The molecule has 0 bridgehead atoms. The first kappa shape index (κ1) is 16.0. The van der Waals surface area contributed by atoms with Gasteiger partial charge in [-0.2, -0.15) is 0 Å². The van der Waals surface area contributed by atoms with Crippen molar-refractivity contribution in [2.45, 2.75) is 6.42 Å². The summed E-state index contributed by atoms with van der Waals surface area (Å²) in [5.74, 6) is 0.0814. The van der Waals surface area contributed by atoms with E-state index >= 15 is 0 Å². The maximum atomic E-state index is 12.0. The Morgan fingerprint density at radius 1 is 1.10 bits per heavy atom. The molecule has 110 valence electrons. The Morgan fingerprint density at radius 2 is 1.80 bits per heavy atom. The van der Waals surface area contributed by atoms with E-state index in [1.165, 1.54) is 12.0 Å². The van der Waals surface area contributed by atoms with E-state index in [0.29, 0.717) is 18.9 Å². The number of carbonyl (C=O) groups is 2. The van der Waals surface area contributed by atoms with Gasteiger partial charge >= 0.3 is 12.1 Å². The second-order valence-electron chi connectivity index (χ2n) is 3.99. The fraction of sp³-hybridized carbons (Fsp3) is 0.429. The number of hydrogen-bond acceptors (Lipinski definition) is 5. The van der Waals surface area contributed by atoms with Crippen LogP contribution in [0.3, 0.4) is 0 Å². The van der Waals surface area contributed by atoms with Gasteiger partial charge in [-0.15, -0.1) is 0 Å². The largest absolute Gasteiger partial charge is 0.469 e. The Bertz CT molecular complexity index is 421. The smallest absolute Gasteiger partial charge is 0.415 e. The number of amides is 1. The van der Waals surface area contributed by atoms with Gasteiger partial charge in [-0.3, -0.25) is 4.79 Å². The van der Waals surface area contributed by atoms with Crippen molar-refractivity contribution in [2.24, 2.45) is 0 Å². The molecule has 0 aliphatic heterocycles. The Morgan fingerprint density at radius 3 is 2.40 bits per heavy atom. The van der Waals surface area contributed by atoms with E-state index in [2.05, 4.69) is 4.74 Å². The van der Waals surface area contributed by atoms with Crippen molar-refractivity contribution >= 4 is 12.1 Å². The van der Waals surface area contributed by atoms with Crippen LogP contribution in [0.2, 0.25) is 0 Å². The number of methoxy groups -OCH3 is 2. The topological polar surface area (TPSA) is 65.1 Å². The first-order valence-electron chi connectivity index (χ1n) is 6.25. The highest BCUT2D eigenvalue weighted by Crippen LogP contribution is 2.10. The number of carbonyl (C=O) groups excluding carboxylic acids is 2. The molecule has 0 heterocycles. The highest BCUT2D eigenvalue weighted by atomic mass is 16.6. The summed E-state index contributed by atoms with van der Waals surface area (Å²) in [6.45, 7) is 0.936.